The Morgan fingerprint density at radius 3 is 2.22 bits per heavy atom. The fourth-order valence-corrected chi connectivity index (χ4v) is 3.01. The van der Waals surface area contributed by atoms with E-state index in [1.165, 1.54) is 0 Å². The topological polar surface area (TPSA) is 58.2 Å². The summed E-state index contributed by atoms with van der Waals surface area (Å²) in [6, 6.07) is 21.4. The van der Waals surface area contributed by atoms with E-state index in [-0.39, 0.29) is 5.91 Å². The SMILES string of the molecule is O=C(N[C@@H](C(=O)Nc1cccc(Cl)c1)c1ccccc1Cl)c1ccccc1. The maximum atomic E-state index is 12.9. The Hall–Kier alpha value is -2.82. The van der Waals surface area contributed by atoms with E-state index in [0.717, 1.165) is 0 Å². The second-order valence-corrected chi connectivity index (χ2v) is 6.64. The van der Waals surface area contributed by atoms with Gasteiger partial charge >= 0.3 is 0 Å². The Morgan fingerprint density at radius 1 is 0.815 bits per heavy atom. The van der Waals surface area contributed by atoms with Crippen molar-refractivity contribution in [3.63, 3.8) is 0 Å². The molecule has 0 saturated carbocycles. The minimum atomic E-state index is -0.967. The monoisotopic (exact) mass is 398 g/mol. The van der Waals surface area contributed by atoms with Crippen LogP contribution in [-0.2, 0) is 4.79 Å². The first-order valence-corrected chi connectivity index (χ1v) is 8.97. The molecule has 2 N–H and O–H groups in total. The van der Waals surface area contributed by atoms with Crippen molar-refractivity contribution in [2.24, 2.45) is 0 Å². The molecule has 1 atom stereocenters. The molecule has 0 radical (unpaired) electrons. The normalized spacial score (nSPS) is 11.5. The summed E-state index contributed by atoms with van der Waals surface area (Å²) in [6.45, 7) is 0. The Labute approximate surface area is 167 Å². The molecule has 0 aliphatic carbocycles. The quantitative estimate of drug-likeness (QED) is 0.627. The van der Waals surface area contributed by atoms with Gasteiger partial charge in [0.05, 0.1) is 0 Å². The fourth-order valence-electron chi connectivity index (χ4n) is 2.58. The van der Waals surface area contributed by atoms with Gasteiger partial charge in [0.15, 0.2) is 0 Å². The van der Waals surface area contributed by atoms with Gasteiger partial charge in [-0.1, -0.05) is 65.7 Å². The van der Waals surface area contributed by atoms with Crippen LogP contribution in [0.25, 0.3) is 0 Å². The molecule has 0 unspecified atom stereocenters. The van der Waals surface area contributed by atoms with E-state index in [9.17, 15) is 9.59 Å². The van der Waals surface area contributed by atoms with Gasteiger partial charge in [-0.05, 0) is 36.4 Å². The molecule has 0 fully saturated rings. The van der Waals surface area contributed by atoms with E-state index in [0.29, 0.717) is 26.9 Å². The summed E-state index contributed by atoms with van der Waals surface area (Å²) < 4.78 is 0. The van der Waals surface area contributed by atoms with Gasteiger partial charge in [0, 0.05) is 26.9 Å². The smallest absolute Gasteiger partial charge is 0.252 e. The van der Waals surface area contributed by atoms with Crippen LogP contribution in [0.3, 0.4) is 0 Å². The number of benzene rings is 3. The minimum Gasteiger partial charge on any atom is -0.336 e. The lowest BCUT2D eigenvalue weighted by Crippen LogP contribution is -2.37. The molecule has 3 aromatic carbocycles. The molecule has 0 aliphatic heterocycles. The average Bonchev–Trinajstić information content (AvgIpc) is 2.67. The van der Waals surface area contributed by atoms with Crippen molar-refractivity contribution >= 4 is 40.7 Å². The lowest BCUT2D eigenvalue weighted by Gasteiger charge is -2.20. The van der Waals surface area contributed by atoms with Gasteiger partial charge in [0.1, 0.15) is 6.04 Å². The third-order valence-corrected chi connectivity index (χ3v) is 4.46. The number of amides is 2. The van der Waals surface area contributed by atoms with E-state index < -0.39 is 11.9 Å². The van der Waals surface area contributed by atoms with Crippen LogP contribution in [0.15, 0.2) is 78.9 Å². The van der Waals surface area contributed by atoms with Crippen molar-refractivity contribution in [2.75, 3.05) is 5.32 Å². The van der Waals surface area contributed by atoms with E-state index in [1.807, 2.05) is 6.07 Å². The van der Waals surface area contributed by atoms with Gasteiger partial charge in [-0.3, -0.25) is 9.59 Å². The minimum absolute atomic E-state index is 0.373. The molecular formula is C21H16Cl2N2O2. The molecule has 0 aliphatic rings. The summed E-state index contributed by atoms with van der Waals surface area (Å²) in [4.78, 5) is 25.5. The molecule has 0 aromatic heterocycles. The van der Waals surface area contributed by atoms with Crippen LogP contribution >= 0.6 is 23.2 Å². The van der Waals surface area contributed by atoms with Crippen LogP contribution in [0.4, 0.5) is 5.69 Å². The van der Waals surface area contributed by atoms with E-state index in [2.05, 4.69) is 10.6 Å². The fraction of sp³-hybridized carbons (Fsp3) is 0.0476. The molecule has 3 aromatic rings. The summed E-state index contributed by atoms with van der Waals surface area (Å²) in [5.74, 6) is -0.795. The second-order valence-electron chi connectivity index (χ2n) is 5.79. The molecule has 0 heterocycles. The summed E-state index contributed by atoms with van der Waals surface area (Å²) in [5, 5.41) is 6.41. The summed E-state index contributed by atoms with van der Waals surface area (Å²) >= 11 is 12.2. The van der Waals surface area contributed by atoms with Gasteiger partial charge in [0.25, 0.3) is 11.8 Å². The van der Waals surface area contributed by atoms with E-state index >= 15 is 0 Å². The first-order valence-electron chi connectivity index (χ1n) is 8.21. The molecule has 136 valence electrons. The predicted octanol–water partition coefficient (Wildman–Crippen LogP) is 5.10. The average molecular weight is 399 g/mol. The predicted molar refractivity (Wildman–Crippen MR) is 108 cm³/mol. The zero-order valence-corrected chi connectivity index (χ0v) is 15.7. The molecule has 0 spiro atoms. The van der Waals surface area contributed by atoms with E-state index in [4.69, 9.17) is 23.2 Å². The van der Waals surface area contributed by atoms with Crippen molar-refractivity contribution < 1.29 is 9.59 Å². The number of rotatable bonds is 5. The zero-order valence-electron chi connectivity index (χ0n) is 14.2. The maximum absolute atomic E-state index is 12.9. The summed E-state index contributed by atoms with van der Waals surface area (Å²) in [7, 11) is 0. The third kappa shape index (κ3) is 4.88. The van der Waals surface area contributed by atoms with Crippen molar-refractivity contribution in [1.29, 1.82) is 0 Å². The third-order valence-electron chi connectivity index (χ3n) is 3.88. The molecule has 3 rings (SSSR count). The second kappa shape index (κ2) is 8.71. The van der Waals surface area contributed by atoms with Gasteiger partial charge in [0.2, 0.25) is 0 Å². The highest BCUT2D eigenvalue weighted by Gasteiger charge is 2.25. The number of anilines is 1. The highest BCUT2D eigenvalue weighted by atomic mass is 35.5. The largest absolute Gasteiger partial charge is 0.336 e. The van der Waals surface area contributed by atoms with Gasteiger partial charge in [-0.25, -0.2) is 0 Å². The summed E-state index contributed by atoms with van der Waals surface area (Å²) in [6.07, 6.45) is 0. The lowest BCUT2D eigenvalue weighted by atomic mass is 10.0. The number of nitrogens with one attached hydrogen (secondary N) is 2. The van der Waals surface area contributed by atoms with Gasteiger partial charge in [-0.15, -0.1) is 0 Å². The molecule has 2 amide bonds. The Morgan fingerprint density at radius 2 is 1.52 bits per heavy atom. The van der Waals surface area contributed by atoms with Crippen LogP contribution in [0.5, 0.6) is 0 Å². The number of carbonyl (C=O) groups is 2. The standard InChI is InChI=1S/C21H16Cl2N2O2/c22-15-9-6-10-16(13-15)24-21(27)19(17-11-4-5-12-18(17)23)25-20(26)14-7-2-1-3-8-14/h1-13,19H,(H,24,27)(H,25,26)/t19-/m1/s1. The van der Waals surface area contributed by atoms with Crippen LogP contribution in [0, 0.1) is 0 Å². The Balaban J connectivity index is 1.89. The van der Waals surface area contributed by atoms with Crippen LogP contribution in [-0.4, -0.2) is 11.8 Å². The summed E-state index contributed by atoms with van der Waals surface area (Å²) in [5.41, 5.74) is 1.48. The number of carbonyl (C=O) groups excluding carboxylic acids is 2. The zero-order chi connectivity index (χ0) is 19.2. The Bertz CT molecular complexity index is 961. The van der Waals surface area contributed by atoms with Crippen molar-refractivity contribution in [3.05, 3.63) is 100 Å². The van der Waals surface area contributed by atoms with E-state index in [1.54, 1.807) is 72.8 Å². The molecule has 27 heavy (non-hydrogen) atoms. The first kappa shape index (κ1) is 19.0. The van der Waals surface area contributed by atoms with Gasteiger partial charge < -0.3 is 10.6 Å². The highest BCUT2D eigenvalue weighted by Crippen LogP contribution is 2.25. The number of hydrogen-bond acceptors (Lipinski definition) is 2. The molecule has 0 bridgehead atoms. The number of hydrogen-bond donors (Lipinski definition) is 2. The van der Waals surface area contributed by atoms with Crippen LogP contribution < -0.4 is 10.6 Å². The van der Waals surface area contributed by atoms with Crippen molar-refractivity contribution in [3.8, 4) is 0 Å². The van der Waals surface area contributed by atoms with Crippen LogP contribution in [0.1, 0.15) is 22.0 Å². The Kier molecular flexibility index (Phi) is 6.12. The number of halogens is 2. The van der Waals surface area contributed by atoms with Crippen molar-refractivity contribution in [1.82, 2.24) is 5.32 Å². The molecule has 6 heteroatoms. The van der Waals surface area contributed by atoms with Crippen molar-refractivity contribution in [2.45, 2.75) is 6.04 Å². The van der Waals surface area contributed by atoms with Gasteiger partial charge in [-0.2, -0.15) is 0 Å². The maximum Gasteiger partial charge on any atom is 0.252 e. The molecule has 0 saturated heterocycles. The lowest BCUT2D eigenvalue weighted by molar-refractivity contribution is -0.118. The first-order chi connectivity index (χ1) is 13.0. The molecular weight excluding hydrogens is 383 g/mol. The molecule has 4 nitrogen and oxygen atoms in total. The highest BCUT2D eigenvalue weighted by molar-refractivity contribution is 6.32. The van der Waals surface area contributed by atoms with Crippen LogP contribution in [0.2, 0.25) is 10.0 Å².